The van der Waals surface area contributed by atoms with Crippen molar-refractivity contribution >= 4 is 34.3 Å². The summed E-state index contributed by atoms with van der Waals surface area (Å²) in [6.07, 6.45) is -1.07. The summed E-state index contributed by atoms with van der Waals surface area (Å²) in [5.74, 6) is -3.50. The normalized spacial score (nSPS) is 11.9. The summed E-state index contributed by atoms with van der Waals surface area (Å²) in [4.78, 5) is 17.5. The van der Waals surface area contributed by atoms with Gasteiger partial charge in [-0.3, -0.25) is 4.79 Å². The average molecular weight is 477 g/mol. The molecule has 0 aliphatic rings. The smallest absolute Gasteiger partial charge is 0.400 e. The Bertz CT molecular complexity index is 1300. The van der Waals surface area contributed by atoms with Crippen LogP contribution in [0, 0.1) is 17.5 Å². The molecular weight excluding hydrogens is 461 g/mol. The van der Waals surface area contributed by atoms with Gasteiger partial charge in [0.1, 0.15) is 28.5 Å². The molecule has 1 heterocycles. The number of benzene rings is 3. The molecule has 0 aliphatic carbocycles. The predicted octanol–water partition coefficient (Wildman–Crippen LogP) is 6.12. The van der Waals surface area contributed by atoms with Crippen molar-refractivity contribution in [2.75, 3.05) is 11.9 Å². The molecule has 0 aliphatic heterocycles. The lowest BCUT2D eigenvalue weighted by atomic mass is 10.2. The molecule has 0 unspecified atom stereocenters. The van der Waals surface area contributed by atoms with Crippen LogP contribution in [-0.4, -0.2) is 24.0 Å². The van der Waals surface area contributed by atoms with E-state index in [4.69, 9.17) is 25.5 Å². The van der Waals surface area contributed by atoms with E-state index >= 15 is 0 Å². The fourth-order valence-corrected chi connectivity index (χ4v) is 3.26. The Balaban J connectivity index is 1.42. The van der Waals surface area contributed by atoms with E-state index < -0.39 is 35.2 Å². The Labute approximate surface area is 191 Å². The lowest BCUT2D eigenvalue weighted by Gasteiger charge is -2.23. The first kappa shape index (κ1) is 22.5. The van der Waals surface area contributed by atoms with Crippen LogP contribution in [0.25, 0.3) is 11.1 Å². The number of nitrogens with zero attached hydrogens (tertiary/aromatic N) is 2. The number of likely N-dealkylation sites (N-methyl/N-ethyl adjacent to an activating group) is 1. The summed E-state index contributed by atoms with van der Waals surface area (Å²) in [5, 5.41) is 0.505. The van der Waals surface area contributed by atoms with Gasteiger partial charge in [-0.1, -0.05) is 11.6 Å². The van der Waals surface area contributed by atoms with Crippen LogP contribution in [-0.2, 0) is 4.79 Å². The van der Waals surface area contributed by atoms with Crippen molar-refractivity contribution in [1.29, 1.82) is 0 Å². The minimum absolute atomic E-state index is 0.0226. The summed E-state index contributed by atoms with van der Waals surface area (Å²) in [5.41, 5.74) is 0.392. The molecule has 0 bridgehead atoms. The first-order valence-electron chi connectivity index (χ1n) is 9.64. The number of halogens is 4. The third-order valence-electron chi connectivity index (χ3n) is 4.67. The number of carbonyl (C=O) groups is 1. The molecular formula is C23H16ClF3N2O4. The highest BCUT2D eigenvalue weighted by Gasteiger charge is 2.25. The number of fused-ring (bicyclic) bond motifs is 1. The van der Waals surface area contributed by atoms with E-state index in [9.17, 15) is 18.0 Å². The lowest BCUT2D eigenvalue weighted by Crippen LogP contribution is -2.39. The monoisotopic (exact) mass is 476 g/mol. The molecule has 1 amide bonds. The summed E-state index contributed by atoms with van der Waals surface area (Å²) >= 11 is 5.92. The van der Waals surface area contributed by atoms with Crippen LogP contribution >= 0.6 is 11.6 Å². The number of aromatic nitrogens is 1. The summed E-state index contributed by atoms with van der Waals surface area (Å²) in [6.45, 7) is 1.42. The zero-order valence-electron chi connectivity index (χ0n) is 17.3. The van der Waals surface area contributed by atoms with Crippen LogP contribution in [0.1, 0.15) is 6.92 Å². The van der Waals surface area contributed by atoms with E-state index in [0.717, 1.165) is 4.90 Å². The van der Waals surface area contributed by atoms with Crippen LogP contribution < -0.4 is 14.4 Å². The summed E-state index contributed by atoms with van der Waals surface area (Å²) in [6, 6.07) is 12.2. The van der Waals surface area contributed by atoms with Gasteiger partial charge < -0.3 is 18.8 Å². The van der Waals surface area contributed by atoms with Crippen molar-refractivity contribution in [1.82, 2.24) is 4.98 Å². The molecule has 6 nitrogen and oxygen atoms in total. The molecule has 0 spiro atoms. The van der Waals surface area contributed by atoms with Gasteiger partial charge in [-0.25, -0.2) is 13.2 Å². The SMILES string of the molecule is C[C@@H](Oc1ccc(Oc2nc3ccc(Cl)cc3o2)cc1)C(=O)N(C)c1c(F)cc(F)cc1F. The first-order valence-corrected chi connectivity index (χ1v) is 10.0. The van der Waals surface area contributed by atoms with Crippen molar-refractivity contribution in [3.05, 3.63) is 77.1 Å². The highest BCUT2D eigenvalue weighted by atomic mass is 35.5. The van der Waals surface area contributed by atoms with E-state index in [1.807, 2.05) is 0 Å². The first-order chi connectivity index (χ1) is 15.7. The Morgan fingerprint density at radius 2 is 1.67 bits per heavy atom. The third kappa shape index (κ3) is 4.88. The van der Waals surface area contributed by atoms with Crippen molar-refractivity contribution < 1.29 is 31.9 Å². The second-order valence-corrected chi connectivity index (χ2v) is 7.48. The Hall–Kier alpha value is -3.72. The molecule has 33 heavy (non-hydrogen) atoms. The number of rotatable bonds is 6. The van der Waals surface area contributed by atoms with Crippen LogP contribution in [0.3, 0.4) is 0 Å². The van der Waals surface area contributed by atoms with Gasteiger partial charge in [0.15, 0.2) is 23.3 Å². The van der Waals surface area contributed by atoms with Crippen LogP contribution in [0.15, 0.2) is 59.0 Å². The highest BCUT2D eigenvalue weighted by Crippen LogP contribution is 2.29. The van der Waals surface area contributed by atoms with Gasteiger partial charge in [0, 0.05) is 30.3 Å². The molecule has 1 atom stereocenters. The summed E-state index contributed by atoms with van der Waals surface area (Å²) < 4.78 is 57.7. The van der Waals surface area contributed by atoms with Crippen molar-refractivity contribution in [3.63, 3.8) is 0 Å². The maximum absolute atomic E-state index is 14.0. The number of amides is 1. The standard InChI is InChI=1S/C23H16ClF3N2O4/c1-12(22(30)29(2)21-17(26)10-14(25)11-18(21)27)31-15-4-6-16(7-5-15)32-23-28-19-8-3-13(24)9-20(19)33-23/h3-12H,1-2H3/t12-/m1/s1. The lowest BCUT2D eigenvalue weighted by molar-refractivity contribution is -0.124. The average Bonchev–Trinajstić information content (AvgIpc) is 3.15. The Kier molecular flexibility index (Phi) is 6.15. The molecule has 0 radical (unpaired) electrons. The van der Waals surface area contributed by atoms with E-state index in [2.05, 4.69) is 4.98 Å². The van der Waals surface area contributed by atoms with Gasteiger partial charge in [0.05, 0.1) is 0 Å². The van der Waals surface area contributed by atoms with E-state index in [1.165, 1.54) is 26.1 Å². The maximum atomic E-state index is 14.0. The van der Waals surface area contributed by atoms with E-state index in [-0.39, 0.29) is 6.08 Å². The number of hydrogen-bond acceptors (Lipinski definition) is 5. The van der Waals surface area contributed by atoms with Gasteiger partial charge >= 0.3 is 6.08 Å². The molecule has 3 aromatic carbocycles. The zero-order chi connectivity index (χ0) is 23.7. The molecule has 10 heteroatoms. The molecule has 1 aromatic heterocycles. The van der Waals surface area contributed by atoms with Gasteiger partial charge in [-0.05, 0) is 43.3 Å². The quantitative estimate of drug-likeness (QED) is 0.335. The second-order valence-electron chi connectivity index (χ2n) is 7.04. The zero-order valence-corrected chi connectivity index (χ0v) is 18.1. The van der Waals surface area contributed by atoms with E-state index in [1.54, 1.807) is 30.3 Å². The van der Waals surface area contributed by atoms with Crippen LogP contribution in [0.4, 0.5) is 18.9 Å². The third-order valence-corrected chi connectivity index (χ3v) is 4.90. The molecule has 0 saturated carbocycles. The molecule has 4 aromatic rings. The van der Waals surface area contributed by atoms with Gasteiger partial charge in [-0.15, -0.1) is 0 Å². The highest BCUT2D eigenvalue weighted by molar-refractivity contribution is 6.31. The number of oxazole rings is 1. The van der Waals surface area contributed by atoms with Crippen molar-refractivity contribution in [3.8, 4) is 17.6 Å². The molecule has 0 N–H and O–H groups in total. The fraction of sp³-hybridized carbons (Fsp3) is 0.130. The number of anilines is 1. The van der Waals surface area contributed by atoms with Gasteiger partial charge in [0.2, 0.25) is 0 Å². The molecule has 170 valence electrons. The maximum Gasteiger partial charge on any atom is 0.400 e. The van der Waals surface area contributed by atoms with Crippen molar-refractivity contribution in [2.45, 2.75) is 13.0 Å². The molecule has 0 saturated heterocycles. The van der Waals surface area contributed by atoms with E-state index in [0.29, 0.717) is 39.8 Å². The van der Waals surface area contributed by atoms with Gasteiger partial charge in [0.25, 0.3) is 5.91 Å². The second kappa shape index (κ2) is 9.03. The number of ether oxygens (including phenoxy) is 2. The predicted molar refractivity (Wildman–Crippen MR) is 115 cm³/mol. The van der Waals surface area contributed by atoms with Crippen molar-refractivity contribution in [2.24, 2.45) is 0 Å². The Morgan fingerprint density at radius 3 is 2.33 bits per heavy atom. The van der Waals surface area contributed by atoms with Gasteiger partial charge in [-0.2, -0.15) is 4.98 Å². The minimum Gasteiger partial charge on any atom is -0.481 e. The molecule has 0 fully saturated rings. The van der Waals surface area contributed by atoms with Crippen LogP contribution in [0.2, 0.25) is 5.02 Å². The summed E-state index contributed by atoms with van der Waals surface area (Å²) in [7, 11) is 1.17. The fourth-order valence-electron chi connectivity index (χ4n) is 3.10. The topological polar surface area (TPSA) is 64.8 Å². The minimum atomic E-state index is -1.20. The van der Waals surface area contributed by atoms with Crippen LogP contribution in [0.5, 0.6) is 17.6 Å². The number of hydrogen-bond donors (Lipinski definition) is 0. The Morgan fingerprint density at radius 1 is 1.03 bits per heavy atom. The molecule has 4 rings (SSSR count). The largest absolute Gasteiger partial charge is 0.481 e. The number of carbonyl (C=O) groups excluding carboxylic acids is 1.